The second-order valence-electron chi connectivity index (χ2n) is 7.81. The first-order chi connectivity index (χ1) is 15.5. The van der Waals surface area contributed by atoms with E-state index in [2.05, 4.69) is 24.5 Å². The molecule has 0 fully saturated rings. The Kier molecular flexibility index (Phi) is 10.7. The van der Waals surface area contributed by atoms with Gasteiger partial charge in [-0.05, 0) is 35.7 Å². The van der Waals surface area contributed by atoms with Gasteiger partial charge in [0.2, 0.25) is 5.75 Å². The minimum Gasteiger partial charge on any atom is -0.493 e. The van der Waals surface area contributed by atoms with E-state index in [0.717, 1.165) is 35.7 Å². The minimum absolute atomic E-state index is 0. The van der Waals surface area contributed by atoms with E-state index < -0.39 is 0 Å². The van der Waals surface area contributed by atoms with E-state index in [1.165, 1.54) is 0 Å². The molecule has 9 heteroatoms. The Morgan fingerprint density at radius 2 is 1.64 bits per heavy atom. The summed E-state index contributed by atoms with van der Waals surface area (Å²) in [7, 11) is 4.79. The normalized spacial score (nSPS) is 13.0. The molecule has 3 rings (SSSR count). The summed E-state index contributed by atoms with van der Waals surface area (Å²) in [6.45, 7) is 6.82. The number of hydrogen-bond donors (Lipinski definition) is 2. The van der Waals surface area contributed by atoms with Gasteiger partial charge in [0.15, 0.2) is 29.0 Å². The topological polar surface area (TPSA) is 82.6 Å². The quantitative estimate of drug-likeness (QED) is 0.270. The number of hydrogen-bond acceptors (Lipinski definition) is 6. The van der Waals surface area contributed by atoms with Crippen LogP contribution in [-0.2, 0) is 6.54 Å². The number of methoxy groups -OCH3 is 3. The van der Waals surface area contributed by atoms with Gasteiger partial charge in [-0.15, -0.1) is 24.0 Å². The second-order valence-corrected chi connectivity index (χ2v) is 7.81. The van der Waals surface area contributed by atoms with Crippen LogP contribution in [0.4, 0.5) is 5.69 Å². The Bertz CT molecular complexity index is 911. The lowest BCUT2D eigenvalue weighted by Gasteiger charge is -2.16. The van der Waals surface area contributed by atoms with Crippen LogP contribution in [0.2, 0.25) is 0 Å². The number of halogens is 1. The smallest absolute Gasteiger partial charge is 0.203 e. The van der Waals surface area contributed by atoms with Gasteiger partial charge in [-0.3, -0.25) is 0 Å². The molecule has 2 aromatic rings. The molecule has 0 saturated carbocycles. The molecule has 1 heterocycles. The van der Waals surface area contributed by atoms with Gasteiger partial charge >= 0.3 is 0 Å². The Morgan fingerprint density at radius 1 is 0.970 bits per heavy atom. The third-order valence-corrected chi connectivity index (χ3v) is 4.83. The fourth-order valence-electron chi connectivity index (χ4n) is 3.22. The first kappa shape index (κ1) is 26.7. The lowest BCUT2D eigenvalue weighted by atomic mass is 10.2. The molecule has 1 aliphatic rings. The van der Waals surface area contributed by atoms with Crippen molar-refractivity contribution in [1.29, 1.82) is 0 Å². The Labute approximate surface area is 213 Å². The van der Waals surface area contributed by atoms with E-state index in [1.807, 2.05) is 30.3 Å². The molecular weight excluding hydrogens is 537 g/mol. The van der Waals surface area contributed by atoms with Crippen molar-refractivity contribution in [1.82, 2.24) is 5.32 Å². The maximum atomic E-state index is 5.81. The number of benzene rings is 2. The summed E-state index contributed by atoms with van der Waals surface area (Å²) in [4.78, 5) is 4.77. The van der Waals surface area contributed by atoms with Crippen LogP contribution in [0.25, 0.3) is 0 Å². The van der Waals surface area contributed by atoms with Crippen molar-refractivity contribution in [3.8, 4) is 28.7 Å². The highest BCUT2D eigenvalue weighted by Gasteiger charge is 2.14. The molecular formula is C24H34IN3O5. The summed E-state index contributed by atoms with van der Waals surface area (Å²) in [5, 5.41) is 6.76. The largest absolute Gasteiger partial charge is 0.493 e. The molecule has 8 nitrogen and oxygen atoms in total. The van der Waals surface area contributed by atoms with E-state index in [9.17, 15) is 0 Å². The van der Waals surface area contributed by atoms with Gasteiger partial charge in [0, 0.05) is 24.7 Å². The summed E-state index contributed by atoms with van der Waals surface area (Å²) in [5.74, 6) is 4.40. The van der Waals surface area contributed by atoms with E-state index in [0.29, 0.717) is 48.9 Å². The second kappa shape index (κ2) is 13.2. The SMILES string of the molecule is COc1cc(CN=C(NCC(C)C)Nc2ccc3c(c2)OCCCO3)cc(OC)c1OC.I. The van der Waals surface area contributed by atoms with Crippen molar-refractivity contribution in [2.24, 2.45) is 10.9 Å². The van der Waals surface area contributed by atoms with Crippen LogP contribution in [0, 0.1) is 5.92 Å². The number of ether oxygens (including phenoxy) is 5. The van der Waals surface area contributed by atoms with Crippen LogP contribution in [0.15, 0.2) is 35.3 Å². The van der Waals surface area contributed by atoms with E-state index in [1.54, 1.807) is 21.3 Å². The van der Waals surface area contributed by atoms with Gasteiger partial charge in [-0.1, -0.05) is 13.8 Å². The first-order valence-electron chi connectivity index (χ1n) is 10.8. The van der Waals surface area contributed by atoms with Crippen molar-refractivity contribution in [3.05, 3.63) is 35.9 Å². The van der Waals surface area contributed by atoms with E-state index >= 15 is 0 Å². The summed E-state index contributed by atoms with van der Waals surface area (Å²) >= 11 is 0. The zero-order valence-corrected chi connectivity index (χ0v) is 22.2. The molecule has 182 valence electrons. The highest BCUT2D eigenvalue weighted by Crippen LogP contribution is 2.38. The molecule has 2 N–H and O–H groups in total. The van der Waals surface area contributed by atoms with Crippen molar-refractivity contribution in [2.45, 2.75) is 26.8 Å². The van der Waals surface area contributed by atoms with Crippen LogP contribution >= 0.6 is 24.0 Å². The molecule has 0 amide bonds. The van der Waals surface area contributed by atoms with Crippen LogP contribution in [-0.4, -0.2) is 47.0 Å². The fourth-order valence-corrected chi connectivity index (χ4v) is 3.22. The minimum atomic E-state index is 0. The predicted molar refractivity (Wildman–Crippen MR) is 141 cm³/mol. The molecule has 0 radical (unpaired) electrons. The number of guanidine groups is 1. The van der Waals surface area contributed by atoms with E-state index in [-0.39, 0.29) is 24.0 Å². The zero-order chi connectivity index (χ0) is 22.9. The van der Waals surface area contributed by atoms with Gasteiger partial charge < -0.3 is 34.3 Å². The average Bonchev–Trinajstić information content (AvgIpc) is 3.04. The molecule has 0 unspecified atom stereocenters. The van der Waals surface area contributed by atoms with E-state index in [4.69, 9.17) is 28.7 Å². The number of fused-ring (bicyclic) bond motifs is 1. The van der Waals surface area contributed by atoms with Crippen LogP contribution in [0.1, 0.15) is 25.8 Å². The maximum Gasteiger partial charge on any atom is 0.203 e. The molecule has 33 heavy (non-hydrogen) atoms. The van der Waals surface area contributed by atoms with Crippen LogP contribution in [0.3, 0.4) is 0 Å². The lowest BCUT2D eigenvalue weighted by Crippen LogP contribution is -2.33. The van der Waals surface area contributed by atoms with Gasteiger partial charge in [-0.2, -0.15) is 0 Å². The third-order valence-electron chi connectivity index (χ3n) is 4.83. The lowest BCUT2D eigenvalue weighted by molar-refractivity contribution is 0.297. The Morgan fingerprint density at radius 3 is 2.24 bits per heavy atom. The average molecular weight is 571 g/mol. The van der Waals surface area contributed by atoms with Gasteiger partial charge in [0.25, 0.3) is 0 Å². The highest BCUT2D eigenvalue weighted by molar-refractivity contribution is 14.0. The molecule has 0 aromatic heterocycles. The summed E-state index contributed by atoms with van der Waals surface area (Å²) < 4.78 is 27.8. The molecule has 0 saturated heterocycles. The molecule has 0 aliphatic carbocycles. The highest BCUT2D eigenvalue weighted by atomic mass is 127. The monoisotopic (exact) mass is 571 g/mol. The van der Waals surface area contributed by atoms with Gasteiger partial charge in [-0.25, -0.2) is 4.99 Å². The maximum absolute atomic E-state index is 5.81. The number of nitrogens with zero attached hydrogens (tertiary/aromatic N) is 1. The standard InChI is InChI=1S/C24H33N3O5.HI/c1-16(2)14-25-24(27-18-7-8-19-20(13-18)32-10-6-9-31-19)26-15-17-11-21(28-3)23(30-5)22(12-17)29-4;/h7-8,11-13,16H,6,9-10,14-15H2,1-5H3,(H2,25,26,27);1H. The van der Waals surface area contributed by atoms with Crippen molar-refractivity contribution < 1.29 is 23.7 Å². The van der Waals surface area contributed by atoms with Gasteiger partial charge in [0.05, 0.1) is 41.1 Å². The van der Waals surface area contributed by atoms with Crippen LogP contribution in [0.5, 0.6) is 28.7 Å². The third kappa shape index (κ3) is 7.48. The number of anilines is 1. The predicted octanol–water partition coefficient (Wildman–Crippen LogP) is 4.71. The molecule has 0 spiro atoms. The fraction of sp³-hybridized carbons (Fsp3) is 0.458. The van der Waals surface area contributed by atoms with Crippen molar-refractivity contribution >= 4 is 35.6 Å². The molecule has 1 aliphatic heterocycles. The zero-order valence-electron chi connectivity index (χ0n) is 19.9. The van der Waals surface area contributed by atoms with Crippen molar-refractivity contribution in [2.75, 3.05) is 46.4 Å². The Balaban J connectivity index is 0.00000385. The number of rotatable bonds is 8. The molecule has 0 atom stereocenters. The Hall–Kier alpha value is -2.56. The van der Waals surface area contributed by atoms with Crippen LogP contribution < -0.4 is 34.3 Å². The van der Waals surface area contributed by atoms with Gasteiger partial charge in [0.1, 0.15) is 0 Å². The first-order valence-corrected chi connectivity index (χ1v) is 10.8. The molecule has 0 bridgehead atoms. The number of nitrogens with one attached hydrogen (secondary N) is 2. The molecule has 2 aromatic carbocycles. The number of aliphatic imine (C=N–C) groups is 1. The summed E-state index contributed by atoms with van der Waals surface area (Å²) in [6, 6.07) is 9.62. The summed E-state index contributed by atoms with van der Waals surface area (Å²) in [5.41, 5.74) is 1.80. The van der Waals surface area contributed by atoms with Crippen molar-refractivity contribution in [3.63, 3.8) is 0 Å². The summed E-state index contributed by atoms with van der Waals surface area (Å²) in [6.07, 6.45) is 0.870.